The van der Waals surface area contributed by atoms with E-state index in [-0.39, 0.29) is 38.5 Å². The molecule has 174 valence electrons. The summed E-state index contributed by atoms with van der Waals surface area (Å²) in [6, 6.07) is 2.93. The van der Waals surface area contributed by atoms with Crippen LogP contribution in [0, 0.1) is 0 Å². The fourth-order valence-corrected chi connectivity index (χ4v) is 4.21. The molecule has 0 spiro atoms. The van der Waals surface area contributed by atoms with E-state index >= 15 is 0 Å². The lowest BCUT2D eigenvalue weighted by molar-refractivity contribution is -0.0534. The van der Waals surface area contributed by atoms with Crippen molar-refractivity contribution in [2.24, 2.45) is 5.14 Å². The van der Waals surface area contributed by atoms with E-state index < -0.39 is 22.4 Å². The van der Waals surface area contributed by atoms with Crippen LogP contribution in [0.2, 0.25) is 5.02 Å². The number of primary sulfonamides is 1. The van der Waals surface area contributed by atoms with Crippen LogP contribution in [0.4, 0.5) is 8.78 Å². The number of aromatic nitrogens is 4. The topological polar surface area (TPSA) is 145 Å². The smallest absolute Gasteiger partial charge is 0.387 e. The largest absolute Gasteiger partial charge is 0.478 e. The number of ether oxygens (including phenoxy) is 3. The third kappa shape index (κ3) is 4.03. The molecule has 0 radical (unpaired) electrons. The van der Waals surface area contributed by atoms with E-state index in [1.165, 1.54) is 43.4 Å². The Bertz CT molecular complexity index is 1420. The van der Waals surface area contributed by atoms with Crippen LogP contribution in [0.15, 0.2) is 40.2 Å². The summed E-state index contributed by atoms with van der Waals surface area (Å²) in [5, 5.41) is 9.48. The molecule has 4 aromatic rings. The molecule has 0 atom stereocenters. The number of nitrogens with zero attached hydrogens (tertiary/aromatic N) is 4. The fraction of sp³-hybridized carbons (Fsp3) is 0.167. The van der Waals surface area contributed by atoms with Gasteiger partial charge in [-0.3, -0.25) is 4.57 Å². The first-order valence-corrected chi connectivity index (χ1v) is 10.8. The predicted molar refractivity (Wildman–Crippen MR) is 110 cm³/mol. The van der Waals surface area contributed by atoms with Gasteiger partial charge in [-0.2, -0.15) is 18.7 Å². The van der Waals surface area contributed by atoms with E-state index in [4.69, 9.17) is 30.7 Å². The molecule has 2 N–H and O–H groups in total. The Labute approximate surface area is 189 Å². The van der Waals surface area contributed by atoms with Gasteiger partial charge in [0.2, 0.25) is 21.7 Å². The number of alkyl halides is 2. The summed E-state index contributed by atoms with van der Waals surface area (Å²) in [4.78, 5) is 7.93. The Balaban J connectivity index is 2.11. The lowest BCUT2D eigenvalue weighted by atomic mass is 10.1. The number of fused-ring (bicyclic) bond motifs is 1. The van der Waals surface area contributed by atoms with Crippen LogP contribution in [-0.4, -0.2) is 48.9 Å². The van der Waals surface area contributed by atoms with E-state index in [0.29, 0.717) is 11.1 Å². The van der Waals surface area contributed by atoms with Crippen molar-refractivity contribution in [3.05, 3.63) is 35.8 Å². The summed E-state index contributed by atoms with van der Waals surface area (Å²) < 4.78 is 71.0. The van der Waals surface area contributed by atoms with E-state index in [2.05, 4.69) is 19.9 Å². The van der Waals surface area contributed by atoms with E-state index in [9.17, 15) is 17.2 Å². The van der Waals surface area contributed by atoms with Crippen molar-refractivity contribution in [3.63, 3.8) is 0 Å². The minimum absolute atomic E-state index is 0.188. The van der Waals surface area contributed by atoms with Crippen LogP contribution >= 0.6 is 11.6 Å². The number of rotatable bonds is 7. The first-order chi connectivity index (χ1) is 15.7. The molecule has 1 aromatic carbocycles. The molecule has 0 aliphatic heterocycles. The van der Waals surface area contributed by atoms with Crippen LogP contribution in [0.3, 0.4) is 0 Å². The molecule has 0 amide bonds. The van der Waals surface area contributed by atoms with Gasteiger partial charge in [0.15, 0.2) is 0 Å². The number of nitrogens with two attached hydrogens (primary N) is 1. The normalized spacial score (nSPS) is 11.8. The summed E-state index contributed by atoms with van der Waals surface area (Å²) in [5.41, 5.74) is 0.976. The summed E-state index contributed by atoms with van der Waals surface area (Å²) in [7, 11) is -1.87. The molecular formula is C18H14ClF2N5O6S. The summed E-state index contributed by atoms with van der Waals surface area (Å²) in [6.45, 7) is -3.21. The molecule has 0 fully saturated rings. The number of halogens is 3. The molecule has 0 bridgehead atoms. The number of methoxy groups -OCH3 is 2. The van der Waals surface area contributed by atoms with E-state index in [1.54, 1.807) is 0 Å². The van der Waals surface area contributed by atoms with Crippen molar-refractivity contribution < 1.29 is 35.9 Å². The molecule has 4 rings (SSSR count). The van der Waals surface area contributed by atoms with Gasteiger partial charge < -0.3 is 18.7 Å². The Kier molecular flexibility index (Phi) is 5.82. The zero-order chi connectivity index (χ0) is 23.9. The standard InChI is InChI=1S/C18H14ClF2N5O6S/c1-29-15-14(32-17(20)21)16(30-2)25-18(24-15)26-6-11(33(22,27)28)9-3-4-10(19)12(13(9)26)8-5-23-31-7-8/h3-7,17H,1-2H3,(H2,22,27,28). The highest BCUT2D eigenvalue weighted by Gasteiger charge is 2.27. The summed E-state index contributed by atoms with van der Waals surface area (Å²) in [5.74, 6) is -1.52. The van der Waals surface area contributed by atoms with Crippen LogP contribution in [0.25, 0.3) is 28.0 Å². The van der Waals surface area contributed by atoms with Crippen LogP contribution in [-0.2, 0) is 10.0 Å². The van der Waals surface area contributed by atoms with Gasteiger partial charge in [-0.15, -0.1) is 0 Å². The Morgan fingerprint density at radius 3 is 2.36 bits per heavy atom. The van der Waals surface area contributed by atoms with Crippen molar-refractivity contribution >= 4 is 32.5 Å². The monoisotopic (exact) mass is 501 g/mol. The number of hydrogen-bond donors (Lipinski definition) is 1. The maximum atomic E-state index is 12.9. The molecule has 0 aliphatic carbocycles. The minimum atomic E-state index is -4.22. The van der Waals surface area contributed by atoms with E-state index in [0.717, 1.165) is 6.20 Å². The lowest BCUT2D eigenvalue weighted by Crippen LogP contribution is -2.12. The molecule has 3 heterocycles. The van der Waals surface area contributed by atoms with Gasteiger partial charge in [0, 0.05) is 22.7 Å². The SMILES string of the molecule is COc1nc(-n2cc(S(N)(=O)=O)c3ccc(Cl)c(-c4cnoc4)c32)nc(OC)c1OC(F)F. The Morgan fingerprint density at radius 2 is 1.85 bits per heavy atom. The molecule has 0 unspecified atom stereocenters. The third-order valence-electron chi connectivity index (χ3n) is 4.51. The van der Waals surface area contributed by atoms with Gasteiger partial charge in [-0.05, 0) is 12.1 Å². The van der Waals surface area contributed by atoms with Gasteiger partial charge in [-0.25, -0.2) is 13.6 Å². The summed E-state index contributed by atoms with van der Waals surface area (Å²) >= 11 is 6.42. The van der Waals surface area contributed by atoms with Gasteiger partial charge in [0.25, 0.3) is 11.8 Å². The maximum absolute atomic E-state index is 12.9. The van der Waals surface area contributed by atoms with Gasteiger partial charge in [-0.1, -0.05) is 16.8 Å². The van der Waals surface area contributed by atoms with Gasteiger partial charge in [0.1, 0.15) is 11.2 Å². The highest BCUT2D eigenvalue weighted by atomic mass is 35.5. The van der Waals surface area contributed by atoms with Crippen molar-refractivity contribution in [1.29, 1.82) is 0 Å². The molecule has 11 nitrogen and oxygen atoms in total. The minimum Gasteiger partial charge on any atom is -0.478 e. The Hall–Kier alpha value is -3.49. The molecule has 0 saturated heterocycles. The van der Waals surface area contributed by atoms with E-state index in [1.807, 2.05) is 0 Å². The number of sulfonamides is 1. The van der Waals surface area contributed by atoms with Gasteiger partial charge in [0.05, 0.1) is 31.0 Å². The molecule has 0 aliphatic rings. The number of benzene rings is 1. The number of hydrogen-bond acceptors (Lipinski definition) is 9. The lowest BCUT2D eigenvalue weighted by Gasteiger charge is -2.15. The van der Waals surface area contributed by atoms with Crippen LogP contribution in [0.1, 0.15) is 0 Å². The maximum Gasteiger partial charge on any atom is 0.387 e. The van der Waals surface area contributed by atoms with Crippen LogP contribution in [0.5, 0.6) is 17.5 Å². The zero-order valence-electron chi connectivity index (χ0n) is 16.8. The zero-order valence-corrected chi connectivity index (χ0v) is 18.4. The quantitative estimate of drug-likeness (QED) is 0.404. The molecule has 0 saturated carbocycles. The van der Waals surface area contributed by atoms with Crippen LogP contribution < -0.4 is 19.3 Å². The highest BCUT2D eigenvalue weighted by molar-refractivity contribution is 7.89. The molecule has 15 heteroatoms. The third-order valence-corrected chi connectivity index (χ3v) is 5.76. The first-order valence-electron chi connectivity index (χ1n) is 8.87. The second-order valence-corrected chi connectivity index (χ2v) is 8.33. The van der Waals surface area contributed by atoms with Crippen molar-refractivity contribution in [3.8, 4) is 34.6 Å². The predicted octanol–water partition coefficient (Wildman–Crippen LogP) is 2.99. The second kappa shape index (κ2) is 8.46. The molecular weight excluding hydrogens is 488 g/mol. The van der Waals surface area contributed by atoms with Crippen molar-refractivity contribution in [2.75, 3.05) is 14.2 Å². The summed E-state index contributed by atoms with van der Waals surface area (Å²) in [6.07, 6.45) is 3.83. The average Bonchev–Trinajstić information content (AvgIpc) is 3.41. The van der Waals surface area contributed by atoms with Gasteiger partial charge >= 0.3 is 6.61 Å². The average molecular weight is 502 g/mol. The molecule has 33 heavy (non-hydrogen) atoms. The Morgan fingerprint density at radius 1 is 1.18 bits per heavy atom. The van der Waals surface area contributed by atoms with Crippen molar-refractivity contribution in [2.45, 2.75) is 11.5 Å². The first kappa shape index (κ1) is 22.7. The highest BCUT2D eigenvalue weighted by Crippen LogP contribution is 2.41. The molecule has 3 aromatic heterocycles. The second-order valence-electron chi connectivity index (χ2n) is 6.39. The fourth-order valence-electron chi connectivity index (χ4n) is 3.23. The van der Waals surface area contributed by atoms with Crippen molar-refractivity contribution in [1.82, 2.24) is 19.7 Å².